The van der Waals surface area contributed by atoms with Gasteiger partial charge in [0.05, 0.1) is 0 Å². The van der Waals surface area contributed by atoms with Crippen LogP contribution in [0.25, 0.3) is 0 Å². The predicted molar refractivity (Wildman–Crippen MR) is 54.3 cm³/mol. The lowest BCUT2D eigenvalue weighted by molar-refractivity contribution is 0.686. The molecule has 1 aromatic rings. The SMILES string of the molecule is NCC1CCc2cccc(Br)c21. The molecule has 64 valence electrons. The lowest BCUT2D eigenvalue weighted by atomic mass is 10.0. The molecule has 2 heteroatoms. The average Bonchev–Trinajstić information content (AvgIpc) is 2.49. The smallest absolute Gasteiger partial charge is 0.0213 e. The van der Waals surface area contributed by atoms with Crippen molar-refractivity contribution in [2.75, 3.05) is 6.54 Å². The quantitative estimate of drug-likeness (QED) is 0.781. The molecule has 1 unspecified atom stereocenters. The maximum atomic E-state index is 5.70. The van der Waals surface area contributed by atoms with Crippen molar-refractivity contribution in [2.24, 2.45) is 5.73 Å². The first-order chi connectivity index (χ1) is 5.83. The van der Waals surface area contributed by atoms with Crippen LogP contribution < -0.4 is 5.73 Å². The molecule has 1 aliphatic carbocycles. The van der Waals surface area contributed by atoms with Gasteiger partial charge in [-0.25, -0.2) is 0 Å². The third-order valence-electron chi connectivity index (χ3n) is 2.60. The topological polar surface area (TPSA) is 26.0 Å². The van der Waals surface area contributed by atoms with E-state index in [4.69, 9.17) is 5.73 Å². The summed E-state index contributed by atoms with van der Waals surface area (Å²) in [5, 5.41) is 0. The van der Waals surface area contributed by atoms with Crippen LogP contribution in [0.3, 0.4) is 0 Å². The first kappa shape index (κ1) is 8.27. The van der Waals surface area contributed by atoms with Gasteiger partial charge < -0.3 is 5.73 Å². The number of benzene rings is 1. The van der Waals surface area contributed by atoms with E-state index in [9.17, 15) is 0 Å². The molecule has 0 saturated carbocycles. The van der Waals surface area contributed by atoms with Crippen molar-refractivity contribution in [3.63, 3.8) is 0 Å². The van der Waals surface area contributed by atoms with Gasteiger partial charge in [-0.2, -0.15) is 0 Å². The van der Waals surface area contributed by atoms with Crippen LogP contribution in [0.15, 0.2) is 22.7 Å². The van der Waals surface area contributed by atoms with Crippen LogP contribution in [-0.2, 0) is 6.42 Å². The summed E-state index contributed by atoms with van der Waals surface area (Å²) in [7, 11) is 0. The zero-order chi connectivity index (χ0) is 8.55. The van der Waals surface area contributed by atoms with E-state index >= 15 is 0 Å². The van der Waals surface area contributed by atoms with E-state index in [1.807, 2.05) is 0 Å². The summed E-state index contributed by atoms with van der Waals surface area (Å²) < 4.78 is 1.23. The van der Waals surface area contributed by atoms with Crippen LogP contribution in [0, 0.1) is 0 Å². The highest BCUT2D eigenvalue weighted by Gasteiger charge is 2.22. The van der Waals surface area contributed by atoms with Gasteiger partial charge in [0.2, 0.25) is 0 Å². The van der Waals surface area contributed by atoms with E-state index in [0.717, 1.165) is 6.54 Å². The van der Waals surface area contributed by atoms with Crippen LogP contribution in [0.2, 0.25) is 0 Å². The van der Waals surface area contributed by atoms with Gasteiger partial charge in [-0.15, -0.1) is 0 Å². The molecule has 0 heterocycles. The van der Waals surface area contributed by atoms with Crippen molar-refractivity contribution < 1.29 is 0 Å². The fourth-order valence-electron chi connectivity index (χ4n) is 1.97. The fourth-order valence-corrected chi connectivity index (χ4v) is 2.70. The Balaban J connectivity index is 2.48. The molecule has 1 nitrogen and oxygen atoms in total. The van der Waals surface area contributed by atoms with Crippen molar-refractivity contribution in [3.8, 4) is 0 Å². The van der Waals surface area contributed by atoms with Gasteiger partial charge in [0.25, 0.3) is 0 Å². The molecule has 2 rings (SSSR count). The van der Waals surface area contributed by atoms with Crippen molar-refractivity contribution >= 4 is 15.9 Å². The van der Waals surface area contributed by atoms with Crippen LogP contribution >= 0.6 is 15.9 Å². The van der Waals surface area contributed by atoms with Crippen LogP contribution in [-0.4, -0.2) is 6.54 Å². The summed E-state index contributed by atoms with van der Waals surface area (Å²) in [5.41, 5.74) is 8.61. The number of halogens is 1. The molecule has 0 radical (unpaired) electrons. The minimum atomic E-state index is 0.579. The Morgan fingerprint density at radius 2 is 2.33 bits per heavy atom. The van der Waals surface area contributed by atoms with Gasteiger partial charge in [-0.1, -0.05) is 28.1 Å². The molecule has 0 spiro atoms. The predicted octanol–water partition coefficient (Wildman–Crippen LogP) is 2.44. The molecular weight excluding hydrogens is 214 g/mol. The Labute approximate surface area is 81.1 Å². The lowest BCUT2D eigenvalue weighted by Gasteiger charge is -2.09. The first-order valence-electron chi connectivity index (χ1n) is 4.30. The Kier molecular flexibility index (Phi) is 2.20. The van der Waals surface area contributed by atoms with E-state index in [0.29, 0.717) is 5.92 Å². The molecule has 0 aliphatic heterocycles. The van der Waals surface area contributed by atoms with Gasteiger partial charge >= 0.3 is 0 Å². The second-order valence-electron chi connectivity index (χ2n) is 3.28. The maximum absolute atomic E-state index is 5.70. The molecule has 0 aromatic heterocycles. The lowest BCUT2D eigenvalue weighted by Crippen LogP contribution is -2.09. The van der Waals surface area contributed by atoms with Gasteiger partial charge in [0.1, 0.15) is 0 Å². The van der Waals surface area contributed by atoms with Crippen molar-refractivity contribution in [3.05, 3.63) is 33.8 Å². The second kappa shape index (κ2) is 3.19. The third-order valence-corrected chi connectivity index (χ3v) is 3.29. The van der Waals surface area contributed by atoms with Crippen LogP contribution in [0.4, 0.5) is 0 Å². The van der Waals surface area contributed by atoms with E-state index in [1.165, 1.54) is 28.4 Å². The van der Waals surface area contributed by atoms with Gasteiger partial charge in [0, 0.05) is 4.47 Å². The Morgan fingerprint density at radius 1 is 1.50 bits per heavy atom. The van der Waals surface area contributed by atoms with E-state index in [2.05, 4.69) is 34.1 Å². The van der Waals surface area contributed by atoms with E-state index < -0.39 is 0 Å². The zero-order valence-electron chi connectivity index (χ0n) is 6.89. The van der Waals surface area contributed by atoms with Gasteiger partial charge in [-0.05, 0) is 42.5 Å². The summed E-state index contributed by atoms with van der Waals surface area (Å²) >= 11 is 3.57. The molecule has 1 aliphatic rings. The number of rotatable bonds is 1. The molecule has 2 N–H and O–H groups in total. The minimum absolute atomic E-state index is 0.579. The monoisotopic (exact) mass is 225 g/mol. The van der Waals surface area contributed by atoms with Crippen LogP contribution in [0.5, 0.6) is 0 Å². The summed E-state index contributed by atoms with van der Waals surface area (Å²) in [6, 6.07) is 6.41. The van der Waals surface area contributed by atoms with Crippen molar-refractivity contribution in [1.29, 1.82) is 0 Å². The minimum Gasteiger partial charge on any atom is -0.330 e. The summed E-state index contributed by atoms with van der Waals surface area (Å²) in [4.78, 5) is 0. The molecule has 0 amide bonds. The Morgan fingerprint density at radius 3 is 3.08 bits per heavy atom. The Hall–Kier alpha value is -0.340. The summed E-state index contributed by atoms with van der Waals surface area (Å²) in [6.45, 7) is 0.773. The number of hydrogen-bond acceptors (Lipinski definition) is 1. The second-order valence-corrected chi connectivity index (χ2v) is 4.14. The highest BCUT2D eigenvalue weighted by Crippen LogP contribution is 2.37. The number of nitrogens with two attached hydrogens (primary N) is 1. The third kappa shape index (κ3) is 1.19. The highest BCUT2D eigenvalue weighted by molar-refractivity contribution is 9.10. The zero-order valence-corrected chi connectivity index (χ0v) is 8.47. The normalized spacial score (nSPS) is 21.0. The fraction of sp³-hybridized carbons (Fsp3) is 0.400. The number of aryl methyl sites for hydroxylation is 1. The molecule has 12 heavy (non-hydrogen) atoms. The average molecular weight is 226 g/mol. The summed E-state index contributed by atoms with van der Waals surface area (Å²) in [6.07, 6.45) is 2.41. The van der Waals surface area contributed by atoms with Crippen LogP contribution in [0.1, 0.15) is 23.5 Å². The molecule has 1 atom stereocenters. The molecule has 0 saturated heterocycles. The van der Waals surface area contributed by atoms with Gasteiger partial charge in [-0.3, -0.25) is 0 Å². The first-order valence-corrected chi connectivity index (χ1v) is 5.09. The van der Waals surface area contributed by atoms with Crippen molar-refractivity contribution in [1.82, 2.24) is 0 Å². The maximum Gasteiger partial charge on any atom is 0.0213 e. The number of fused-ring (bicyclic) bond motifs is 1. The standard InChI is InChI=1S/C10H12BrN/c11-9-3-1-2-7-4-5-8(6-12)10(7)9/h1-3,8H,4-6,12H2. The summed E-state index contributed by atoms with van der Waals surface area (Å²) in [5.74, 6) is 0.579. The largest absolute Gasteiger partial charge is 0.330 e. The van der Waals surface area contributed by atoms with Crippen molar-refractivity contribution in [2.45, 2.75) is 18.8 Å². The molecule has 1 aromatic carbocycles. The van der Waals surface area contributed by atoms with Gasteiger partial charge in [0.15, 0.2) is 0 Å². The Bertz CT molecular complexity index is 296. The molecular formula is C10H12BrN. The highest BCUT2D eigenvalue weighted by atomic mass is 79.9. The van der Waals surface area contributed by atoms with E-state index in [-0.39, 0.29) is 0 Å². The van der Waals surface area contributed by atoms with E-state index in [1.54, 1.807) is 0 Å². The molecule has 0 bridgehead atoms. The molecule has 0 fully saturated rings. The number of hydrogen-bond donors (Lipinski definition) is 1.